The van der Waals surface area contributed by atoms with Crippen molar-refractivity contribution >= 4 is 24.3 Å². The molecule has 0 atom stereocenters. The fraction of sp³-hybridized carbons (Fsp3) is 0.310. The van der Waals surface area contributed by atoms with Crippen molar-refractivity contribution in [2.24, 2.45) is 7.05 Å². The van der Waals surface area contributed by atoms with Crippen LogP contribution in [0.25, 0.3) is 24.3 Å². The van der Waals surface area contributed by atoms with E-state index in [4.69, 9.17) is 4.42 Å². The van der Waals surface area contributed by atoms with Crippen molar-refractivity contribution in [2.75, 3.05) is 0 Å². The van der Waals surface area contributed by atoms with E-state index in [1.54, 1.807) is 6.07 Å². The number of aryl methyl sites for hydroxylation is 1. The van der Waals surface area contributed by atoms with Crippen LogP contribution in [0, 0.1) is 0 Å². The largest absolute Gasteiger partial charge is 0.507 e. The number of aromatic hydroxyl groups is 1. The molecule has 1 N–H and O–H groups in total. The van der Waals surface area contributed by atoms with Gasteiger partial charge in [-0.2, -0.15) is 0 Å². The molecule has 0 saturated heterocycles. The molecule has 0 radical (unpaired) electrons. The molecular formula is C29H35NO2+2. The molecule has 3 aromatic rings. The summed E-state index contributed by atoms with van der Waals surface area (Å²) in [7, 11) is 1.99. The minimum Gasteiger partial charge on any atom is -0.507 e. The summed E-state index contributed by atoms with van der Waals surface area (Å²) in [5, 5.41) is 10.3. The van der Waals surface area contributed by atoms with Gasteiger partial charge in [-0.05, 0) is 70.4 Å². The minimum absolute atomic E-state index is 0.0746. The van der Waals surface area contributed by atoms with Crippen molar-refractivity contribution in [3.8, 4) is 5.75 Å². The van der Waals surface area contributed by atoms with Gasteiger partial charge >= 0.3 is 11.5 Å². The Morgan fingerprint density at radius 1 is 0.688 bits per heavy atom. The predicted octanol–water partition coefficient (Wildman–Crippen LogP) is 7.03. The van der Waals surface area contributed by atoms with Crippen molar-refractivity contribution in [3.05, 3.63) is 88.6 Å². The molecule has 166 valence electrons. The van der Waals surface area contributed by atoms with Crippen molar-refractivity contribution < 1.29 is 14.1 Å². The molecule has 0 aliphatic heterocycles. The highest BCUT2D eigenvalue weighted by Crippen LogP contribution is 2.31. The highest BCUT2D eigenvalue weighted by molar-refractivity contribution is 5.76. The van der Waals surface area contributed by atoms with Crippen molar-refractivity contribution in [1.29, 1.82) is 0 Å². The van der Waals surface area contributed by atoms with Gasteiger partial charge in [0.05, 0.1) is 10.8 Å². The summed E-state index contributed by atoms with van der Waals surface area (Å²) in [6, 6.07) is 14.0. The van der Waals surface area contributed by atoms with Crippen LogP contribution < -0.4 is 4.57 Å². The second kappa shape index (κ2) is 9.12. The average Bonchev–Trinajstić information content (AvgIpc) is 2.72. The summed E-state index contributed by atoms with van der Waals surface area (Å²) in [4.78, 5) is 0. The monoisotopic (exact) mass is 429 g/mol. The molecule has 0 saturated carbocycles. The summed E-state index contributed by atoms with van der Waals surface area (Å²) in [6.45, 7) is 13.0. The van der Waals surface area contributed by atoms with E-state index in [1.807, 2.05) is 60.4 Å². The molecule has 2 aromatic heterocycles. The highest BCUT2D eigenvalue weighted by Gasteiger charge is 2.33. The van der Waals surface area contributed by atoms with Crippen LogP contribution in [0.3, 0.4) is 0 Å². The van der Waals surface area contributed by atoms with Gasteiger partial charge < -0.3 is 5.11 Å². The quantitative estimate of drug-likeness (QED) is 0.357. The average molecular weight is 430 g/mol. The molecule has 0 fully saturated rings. The molecule has 3 nitrogen and oxygen atoms in total. The molecule has 2 heterocycles. The smallest absolute Gasteiger partial charge is 0.335 e. The number of hydrogen-bond acceptors (Lipinski definition) is 1. The lowest BCUT2D eigenvalue weighted by Gasteiger charge is -2.14. The van der Waals surface area contributed by atoms with E-state index in [-0.39, 0.29) is 16.6 Å². The first-order valence-electron chi connectivity index (χ1n) is 11.1. The first-order valence-corrected chi connectivity index (χ1v) is 11.1. The van der Waals surface area contributed by atoms with Crippen LogP contribution in [0.1, 0.15) is 75.3 Å². The second-order valence-corrected chi connectivity index (χ2v) is 10.4. The topological polar surface area (TPSA) is 35.4 Å². The highest BCUT2D eigenvalue weighted by atomic mass is 16.3. The number of phenolic OH excluding ortho intramolecular Hbond substituents is 1. The van der Waals surface area contributed by atoms with Crippen molar-refractivity contribution in [1.82, 2.24) is 0 Å². The first kappa shape index (κ1) is 23.5. The molecule has 0 aliphatic rings. The third-order valence-corrected chi connectivity index (χ3v) is 5.27. The maximum absolute atomic E-state index is 10.3. The van der Waals surface area contributed by atoms with E-state index < -0.39 is 0 Å². The van der Waals surface area contributed by atoms with Crippen LogP contribution >= 0.6 is 0 Å². The number of hydrogen-bond donors (Lipinski definition) is 1. The van der Waals surface area contributed by atoms with Gasteiger partial charge in [0, 0.05) is 29.8 Å². The van der Waals surface area contributed by atoms with Crippen LogP contribution in [0.4, 0.5) is 0 Å². The molecule has 0 bridgehead atoms. The molecule has 32 heavy (non-hydrogen) atoms. The van der Waals surface area contributed by atoms with E-state index in [2.05, 4.69) is 65.8 Å². The fourth-order valence-electron chi connectivity index (χ4n) is 3.17. The predicted molar refractivity (Wildman–Crippen MR) is 134 cm³/mol. The van der Waals surface area contributed by atoms with E-state index in [0.717, 1.165) is 33.8 Å². The van der Waals surface area contributed by atoms with Crippen LogP contribution in [0.15, 0.2) is 59.3 Å². The molecular weight excluding hydrogens is 394 g/mol. The van der Waals surface area contributed by atoms with E-state index in [1.165, 1.54) is 0 Å². The fourth-order valence-corrected chi connectivity index (χ4v) is 3.17. The molecule has 3 heteroatoms. The van der Waals surface area contributed by atoms with E-state index in [0.29, 0.717) is 0 Å². The Labute approximate surface area is 192 Å². The second-order valence-electron chi connectivity index (χ2n) is 10.4. The van der Waals surface area contributed by atoms with Gasteiger partial charge in [-0.15, -0.1) is 0 Å². The molecule has 0 unspecified atom stereocenters. The lowest BCUT2D eigenvalue weighted by molar-refractivity contribution is -0.671. The summed E-state index contributed by atoms with van der Waals surface area (Å²) >= 11 is 0. The Bertz CT molecular complexity index is 1110. The van der Waals surface area contributed by atoms with Gasteiger partial charge in [0.1, 0.15) is 12.8 Å². The maximum Gasteiger partial charge on any atom is 0.335 e. The normalized spacial score (nSPS) is 12.7. The lowest BCUT2D eigenvalue weighted by Crippen LogP contribution is -2.25. The van der Waals surface area contributed by atoms with E-state index in [9.17, 15) is 5.11 Å². The Balaban J connectivity index is 1.91. The van der Waals surface area contributed by atoms with Gasteiger partial charge in [-0.25, -0.2) is 8.98 Å². The zero-order chi connectivity index (χ0) is 23.5. The number of pyridine rings is 1. The lowest BCUT2D eigenvalue weighted by atomic mass is 9.88. The van der Waals surface area contributed by atoms with Gasteiger partial charge in [0.25, 0.3) is 0 Å². The number of benzene rings is 1. The Hall–Kier alpha value is -3.20. The first-order chi connectivity index (χ1) is 14.9. The molecule has 1 aromatic carbocycles. The molecule has 0 aliphatic carbocycles. The Kier molecular flexibility index (Phi) is 6.68. The molecule has 3 rings (SSSR count). The van der Waals surface area contributed by atoms with Crippen LogP contribution in [-0.2, 0) is 17.9 Å². The Morgan fingerprint density at radius 2 is 1.22 bits per heavy atom. The van der Waals surface area contributed by atoms with Gasteiger partial charge in [-0.1, -0.05) is 30.4 Å². The van der Waals surface area contributed by atoms with Crippen molar-refractivity contribution in [3.63, 3.8) is 0 Å². The van der Waals surface area contributed by atoms with Gasteiger partial charge in [-0.3, -0.25) is 0 Å². The van der Waals surface area contributed by atoms with Crippen LogP contribution in [0.5, 0.6) is 5.75 Å². The van der Waals surface area contributed by atoms with Crippen molar-refractivity contribution in [2.45, 2.75) is 52.4 Å². The van der Waals surface area contributed by atoms with Crippen LogP contribution in [0.2, 0.25) is 0 Å². The number of phenols is 1. The Morgan fingerprint density at radius 3 is 1.78 bits per heavy atom. The van der Waals surface area contributed by atoms with Gasteiger partial charge in [0.2, 0.25) is 0 Å². The summed E-state index contributed by atoms with van der Waals surface area (Å²) < 4.78 is 8.23. The third kappa shape index (κ3) is 6.16. The number of nitrogens with zero attached hydrogens (tertiary/aromatic N) is 1. The van der Waals surface area contributed by atoms with Gasteiger partial charge in [0.15, 0.2) is 12.4 Å². The summed E-state index contributed by atoms with van der Waals surface area (Å²) in [5.74, 6) is 2.20. The summed E-state index contributed by atoms with van der Waals surface area (Å²) in [5.41, 5.74) is 3.85. The van der Waals surface area contributed by atoms with Crippen LogP contribution in [-0.4, -0.2) is 5.11 Å². The minimum atomic E-state index is -0.0746. The van der Waals surface area contributed by atoms with E-state index >= 15 is 0 Å². The molecule has 0 amide bonds. The standard InChI is InChI=1S/C29H34NO2/c1-28(2,3)26-19-23(20-27(32-26)29(4,5)6)9-8-22-11-13-25(31)24(18-22)12-10-21-14-16-30(7)17-15-21/h8-20H,1-7H3/q+1/p+1/b9-8+. The third-order valence-electron chi connectivity index (χ3n) is 5.27. The zero-order valence-electron chi connectivity index (χ0n) is 20.3. The SMILES string of the molecule is C[n+]1ccc(/C=C/c2cc(/C=C/c3cc(C(C)(C)C)[o+]c(C(C)(C)C)c3)ccc2O)cc1. The number of rotatable bonds is 4. The maximum atomic E-state index is 10.3. The molecule has 0 spiro atoms. The zero-order valence-corrected chi connectivity index (χ0v) is 20.3. The number of aromatic nitrogens is 1. The summed E-state index contributed by atoms with van der Waals surface area (Å²) in [6.07, 6.45) is 12.1.